The van der Waals surface area contributed by atoms with E-state index in [-0.39, 0.29) is 6.10 Å². The zero-order valence-electron chi connectivity index (χ0n) is 11.0. The Labute approximate surface area is 102 Å². The molecule has 0 fully saturated rings. The van der Waals surface area contributed by atoms with Gasteiger partial charge in [-0.15, -0.1) is 0 Å². The van der Waals surface area contributed by atoms with Crippen LogP contribution in [0.1, 0.15) is 12.6 Å². The highest BCUT2D eigenvalue weighted by Gasteiger charge is 2.13. The summed E-state index contributed by atoms with van der Waals surface area (Å²) >= 11 is 0. The lowest BCUT2D eigenvalue weighted by Crippen LogP contribution is -2.27. The number of ether oxygens (including phenoxy) is 2. The van der Waals surface area contributed by atoms with E-state index in [4.69, 9.17) is 15.2 Å². The van der Waals surface area contributed by atoms with Gasteiger partial charge in [0.25, 0.3) is 0 Å². The number of nitrogen functional groups attached to an aromatic ring is 1. The van der Waals surface area contributed by atoms with Gasteiger partial charge >= 0.3 is 0 Å². The Balaban J connectivity index is 2.65. The molecule has 0 amide bonds. The number of hydrogen-bond donors (Lipinski definition) is 2. The lowest BCUT2D eigenvalue weighted by Gasteiger charge is -2.16. The van der Waals surface area contributed by atoms with Crippen molar-refractivity contribution in [3.63, 3.8) is 0 Å². The number of rotatable bonds is 7. The first-order valence-corrected chi connectivity index (χ1v) is 5.70. The average Bonchev–Trinajstić information content (AvgIpc) is 2.60. The first kappa shape index (κ1) is 13.8. The largest absolute Gasteiger partial charge is 0.394 e. The van der Waals surface area contributed by atoms with Crippen molar-refractivity contribution in [2.75, 3.05) is 38.4 Å². The molecule has 0 saturated carbocycles. The summed E-state index contributed by atoms with van der Waals surface area (Å²) < 4.78 is 12.1. The molecule has 3 N–H and O–H groups in total. The Kier molecular flexibility index (Phi) is 5.24. The van der Waals surface area contributed by atoms with Crippen molar-refractivity contribution < 1.29 is 9.47 Å². The topological polar surface area (TPSA) is 74.3 Å². The Morgan fingerprint density at radius 2 is 2.18 bits per heavy atom. The summed E-state index contributed by atoms with van der Waals surface area (Å²) in [5.74, 6) is 0.833. The predicted molar refractivity (Wildman–Crippen MR) is 68.2 cm³/mol. The van der Waals surface area contributed by atoms with Crippen LogP contribution in [0.2, 0.25) is 0 Å². The van der Waals surface area contributed by atoms with E-state index in [2.05, 4.69) is 10.4 Å². The maximum atomic E-state index is 6.00. The zero-order valence-corrected chi connectivity index (χ0v) is 11.0. The van der Waals surface area contributed by atoms with Crippen LogP contribution >= 0.6 is 0 Å². The molecule has 1 rings (SSSR count). The molecule has 0 spiro atoms. The highest BCUT2D eigenvalue weighted by Crippen LogP contribution is 2.22. The van der Waals surface area contributed by atoms with Gasteiger partial charge in [0.15, 0.2) is 0 Å². The van der Waals surface area contributed by atoms with E-state index in [1.54, 1.807) is 18.9 Å². The van der Waals surface area contributed by atoms with Crippen molar-refractivity contribution >= 4 is 11.5 Å². The number of nitrogens with zero attached hydrogens (tertiary/aromatic N) is 2. The fraction of sp³-hybridized carbons (Fsp3) is 0.727. The summed E-state index contributed by atoms with van der Waals surface area (Å²) in [6, 6.07) is 0. The second-order valence-corrected chi connectivity index (χ2v) is 3.88. The normalized spacial score (nSPS) is 12.7. The number of aryl methyl sites for hydroxylation is 2. The Morgan fingerprint density at radius 1 is 1.47 bits per heavy atom. The van der Waals surface area contributed by atoms with Gasteiger partial charge < -0.3 is 20.5 Å². The van der Waals surface area contributed by atoms with Gasteiger partial charge in [0.1, 0.15) is 5.82 Å². The number of aromatic nitrogens is 2. The summed E-state index contributed by atoms with van der Waals surface area (Å²) in [6.45, 7) is 3.21. The fourth-order valence-corrected chi connectivity index (χ4v) is 1.67. The third-order valence-corrected chi connectivity index (χ3v) is 2.68. The lowest BCUT2D eigenvalue weighted by atomic mass is 10.3. The van der Waals surface area contributed by atoms with Crippen LogP contribution in [0.4, 0.5) is 11.5 Å². The standard InChI is InChI=1S/C11H22N4O2/c1-5-9-10(12)11(15(2)14-9)13-6-8(17-4)7-16-3/h8,13H,5-7,12H2,1-4H3. The minimum Gasteiger partial charge on any atom is -0.394 e. The van der Waals surface area contributed by atoms with Crippen molar-refractivity contribution in [3.05, 3.63) is 5.69 Å². The number of nitrogens with one attached hydrogen (secondary N) is 1. The summed E-state index contributed by atoms with van der Waals surface area (Å²) in [5, 5.41) is 7.58. The van der Waals surface area contributed by atoms with Gasteiger partial charge in [0, 0.05) is 27.8 Å². The van der Waals surface area contributed by atoms with Crippen LogP contribution in [0.15, 0.2) is 0 Å². The molecule has 0 aromatic carbocycles. The maximum Gasteiger partial charge on any atom is 0.147 e. The molecule has 6 heteroatoms. The first-order chi connectivity index (χ1) is 8.13. The Morgan fingerprint density at radius 3 is 2.65 bits per heavy atom. The predicted octanol–water partition coefficient (Wildman–Crippen LogP) is 0.638. The first-order valence-electron chi connectivity index (χ1n) is 5.70. The molecule has 0 saturated heterocycles. The third-order valence-electron chi connectivity index (χ3n) is 2.68. The molecule has 6 nitrogen and oxygen atoms in total. The molecular formula is C11H22N4O2. The molecule has 0 radical (unpaired) electrons. The summed E-state index contributed by atoms with van der Waals surface area (Å²) in [4.78, 5) is 0. The summed E-state index contributed by atoms with van der Waals surface area (Å²) in [7, 11) is 5.19. The van der Waals surface area contributed by atoms with E-state index >= 15 is 0 Å². The van der Waals surface area contributed by atoms with Gasteiger partial charge in [-0.3, -0.25) is 4.68 Å². The van der Waals surface area contributed by atoms with Gasteiger partial charge in [-0.1, -0.05) is 6.92 Å². The average molecular weight is 242 g/mol. The van der Waals surface area contributed by atoms with Gasteiger partial charge in [-0.25, -0.2) is 0 Å². The third kappa shape index (κ3) is 3.34. The minimum absolute atomic E-state index is 0.000577. The van der Waals surface area contributed by atoms with Crippen molar-refractivity contribution in [1.82, 2.24) is 9.78 Å². The summed E-state index contributed by atoms with van der Waals surface area (Å²) in [6.07, 6.45) is 0.826. The molecule has 98 valence electrons. The molecule has 0 bridgehead atoms. The van der Waals surface area contributed by atoms with E-state index in [1.165, 1.54) is 0 Å². The van der Waals surface area contributed by atoms with E-state index in [0.29, 0.717) is 18.8 Å². The molecule has 0 aliphatic heterocycles. The highest BCUT2D eigenvalue weighted by molar-refractivity contribution is 5.65. The smallest absolute Gasteiger partial charge is 0.147 e. The second-order valence-electron chi connectivity index (χ2n) is 3.88. The number of methoxy groups -OCH3 is 2. The fourth-order valence-electron chi connectivity index (χ4n) is 1.67. The number of anilines is 2. The van der Waals surface area contributed by atoms with E-state index < -0.39 is 0 Å². The minimum atomic E-state index is -0.000577. The molecule has 1 heterocycles. The monoisotopic (exact) mass is 242 g/mol. The molecule has 1 unspecified atom stereocenters. The highest BCUT2D eigenvalue weighted by atomic mass is 16.5. The molecule has 1 aromatic heterocycles. The second kappa shape index (κ2) is 6.46. The Bertz CT molecular complexity index is 351. The van der Waals surface area contributed by atoms with E-state index in [0.717, 1.165) is 17.9 Å². The molecular weight excluding hydrogens is 220 g/mol. The van der Waals surface area contributed by atoms with Crippen LogP contribution in [-0.4, -0.2) is 43.3 Å². The van der Waals surface area contributed by atoms with Crippen molar-refractivity contribution in [3.8, 4) is 0 Å². The molecule has 0 aliphatic carbocycles. The van der Waals surface area contributed by atoms with Gasteiger partial charge in [0.05, 0.1) is 24.1 Å². The van der Waals surface area contributed by atoms with Crippen LogP contribution in [0.3, 0.4) is 0 Å². The van der Waals surface area contributed by atoms with Crippen LogP contribution in [0, 0.1) is 0 Å². The van der Waals surface area contributed by atoms with Crippen LogP contribution in [0.5, 0.6) is 0 Å². The van der Waals surface area contributed by atoms with Crippen LogP contribution in [-0.2, 0) is 22.9 Å². The SMILES string of the molecule is CCc1nn(C)c(NCC(COC)OC)c1N. The van der Waals surface area contributed by atoms with Gasteiger partial charge in [0.2, 0.25) is 0 Å². The van der Waals surface area contributed by atoms with Crippen molar-refractivity contribution in [2.24, 2.45) is 7.05 Å². The maximum absolute atomic E-state index is 6.00. The van der Waals surface area contributed by atoms with Crippen molar-refractivity contribution in [2.45, 2.75) is 19.4 Å². The zero-order chi connectivity index (χ0) is 12.8. The molecule has 1 atom stereocenters. The van der Waals surface area contributed by atoms with Crippen molar-refractivity contribution in [1.29, 1.82) is 0 Å². The van der Waals surface area contributed by atoms with E-state index in [1.807, 2.05) is 14.0 Å². The lowest BCUT2D eigenvalue weighted by molar-refractivity contribution is 0.0365. The van der Waals surface area contributed by atoms with Gasteiger partial charge in [-0.2, -0.15) is 5.10 Å². The number of nitrogens with two attached hydrogens (primary N) is 1. The molecule has 1 aromatic rings. The van der Waals surface area contributed by atoms with Crippen LogP contribution in [0.25, 0.3) is 0 Å². The van der Waals surface area contributed by atoms with E-state index in [9.17, 15) is 0 Å². The van der Waals surface area contributed by atoms with Crippen LogP contribution < -0.4 is 11.1 Å². The molecule has 0 aliphatic rings. The summed E-state index contributed by atoms with van der Waals surface area (Å²) in [5.41, 5.74) is 7.62. The number of hydrogen-bond acceptors (Lipinski definition) is 5. The Hall–Kier alpha value is -1.27. The van der Waals surface area contributed by atoms with Gasteiger partial charge in [-0.05, 0) is 6.42 Å². The molecule has 17 heavy (non-hydrogen) atoms. The quantitative estimate of drug-likeness (QED) is 0.734.